The minimum Gasteiger partial charge on any atom is -0.480 e. The van der Waals surface area contributed by atoms with Gasteiger partial charge in [-0.1, -0.05) is 6.42 Å². The third kappa shape index (κ3) is 4.42. The second-order valence-electron chi connectivity index (χ2n) is 6.06. The average Bonchev–Trinajstić information content (AvgIpc) is 3.08. The molecule has 9 heteroatoms. The maximum Gasteiger partial charge on any atom is 0.451 e. The Bertz CT molecular complexity index is 403. The molecule has 0 aliphatic carbocycles. The molecular formula is C13H24BN3O5. The summed E-state index contributed by atoms with van der Waals surface area (Å²) < 4.78 is 0. The molecule has 6 N–H and O–H groups in total. The average molecular weight is 313 g/mol. The molecule has 2 heterocycles. The lowest BCUT2D eigenvalue weighted by Gasteiger charge is -2.24. The van der Waals surface area contributed by atoms with Gasteiger partial charge in [-0.2, -0.15) is 0 Å². The van der Waals surface area contributed by atoms with Gasteiger partial charge in [-0.15, -0.1) is 0 Å². The first-order valence-electron chi connectivity index (χ1n) is 7.85. The van der Waals surface area contributed by atoms with Crippen molar-refractivity contribution in [3.63, 3.8) is 0 Å². The van der Waals surface area contributed by atoms with Crippen molar-refractivity contribution in [2.75, 3.05) is 13.1 Å². The van der Waals surface area contributed by atoms with E-state index in [-0.39, 0.29) is 30.2 Å². The van der Waals surface area contributed by atoms with Crippen molar-refractivity contribution in [2.45, 2.75) is 50.1 Å². The standard InChI is InChI=1S/C13H24BN3O5/c18-12(9-4-2-6-15-9)17-10-7-16-11(13(19)20)8(10)3-1-5-14(21)22/h8-11,15-16,21-22H,1-7H2,(H,17,18)(H,19,20). The van der Waals surface area contributed by atoms with Crippen molar-refractivity contribution in [3.8, 4) is 0 Å². The molecule has 2 saturated heterocycles. The van der Waals surface area contributed by atoms with Gasteiger partial charge in [0.2, 0.25) is 5.91 Å². The van der Waals surface area contributed by atoms with E-state index < -0.39 is 19.1 Å². The molecule has 4 atom stereocenters. The van der Waals surface area contributed by atoms with Crippen LogP contribution < -0.4 is 16.0 Å². The van der Waals surface area contributed by atoms with Gasteiger partial charge in [0.1, 0.15) is 6.04 Å². The monoisotopic (exact) mass is 313 g/mol. The topological polar surface area (TPSA) is 131 Å². The highest BCUT2D eigenvalue weighted by atomic mass is 16.4. The molecule has 22 heavy (non-hydrogen) atoms. The smallest absolute Gasteiger partial charge is 0.451 e. The van der Waals surface area contributed by atoms with Crippen LogP contribution in [0.1, 0.15) is 25.7 Å². The lowest BCUT2D eigenvalue weighted by atomic mass is 9.80. The number of carbonyl (C=O) groups excluding carboxylic acids is 1. The van der Waals surface area contributed by atoms with Crippen LogP contribution in [0.5, 0.6) is 0 Å². The molecule has 1 amide bonds. The molecule has 0 spiro atoms. The van der Waals surface area contributed by atoms with Gasteiger partial charge < -0.3 is 31.1 Å². The van der Waals surface area contributed by atoms with Crippen molar-refractivity contribution in [1.82, 2.24) is 16.0 Å². The van der Waals surface area contributed by atoms with E-state index in [0.717, 1.165) is 19.4 Å². The Labute approximate surface area is 129 Å². The maximum atomic E-state index is 12.2. The molecule has 2 aliphatic heterocycles. The molecule has 124 valence electrons. The van der Waals surface area contributed by atoms with E-state index in [4.69, 9.17) is 10.0 Å². The van der Waals surface area contributed by atoms with Crippen LogP contribution in [0.2, 0.25) is 6.32 Å². The molecule has 0 bridgehead atoms. The number of nitrogens with one attached hydrogen (secondary N) is 3. The number of rotatable bonds is 7. The highest BCUT2D eigenvalue weighted by molar-refractivity contribution is 6.40. The number of hydrogen-bond donors (Lipinski definition) is 6. The summed E-state index contributed by atoms with van der Waals surface area (Å²) in [5.41, 5.74) is 0. The molecule has 2 rings (SSSR count). The lowest BCUT2D eigenvalue weighted by molar-refractivity contribution is -0.140. The van der Waals surface area contributed by atoms with Gasteiger partial charge in [0.15, 0.2) is 0 Å². The maximum absolute atomic E-state index is 12.2. The van der Waals surface area contributed by atoms with Gasteiger partial charge in [-0.05, 0) is 32.1 Å². The van der Waals surface area contributed by atoms with Gasteiger partial charge in [0.05, 0.1) is 6.04 Å². The lowest BCUT2D eigenvalue weighted by Crippen LogP contribution is -2.48. The van der Waals surface area contributed by atoms with Crippen LogP contribution in [0.3, 0.4) is 0 Å². The zero-order valence-corrected chi connectivity index (χ0v) is 12.5. The molecule has 2 fully saturated rings. The zero-order valence-electron chi connectivity index (χ0n) is 12.5. The molecule has 0 saturated carbocycles. The first kappa shape index (κ1) is 17.2. The number of carboxylic acid groups (broad SMARTS) is 1. The summed E-state index contributed by atoms with van der Waals surface area (Å²) in [4.78, 5) is 23.5. The quantitative estimate of drug-likeness (QED) is 0.304. The van der Waals surface area contributed by atoms with Gasteiger partial charge >= 0.3 is 13.1 Å². The van der Waals surface area contributed by atoms with Crippen LogP contribution in [0.25, 0.3) is 0 Å². The minimum atomic E-state index is -1.38. The molecule has 8 nitrogen and oxygen atoms in total. The van der Waals surface area contributed by atoms with Crippen LogP contribution >= 0.6 is 0 Å². The summed E-state index contributed by atoms with van der Waals surface area (Å²) in [5.74, 6) is -1.27. The van der Waals surface area contributed by atoms with E-state index in [2.05, 4.69) is 16.0 Å². The van der Waals surface area contributed by atoms with Crippen molar-refractivity contribution in [3.05, 3.63) is 0 Å². The molecule has 0 radical (unpaired) electrons. The summed E-state index contributed by atoms with van der Waals surface area (Å²) in [6, 6.07) is -1.15. The predicted octanol–water partition coefficient (Wildman–Crippen LogP) is -1.85. The number of carbonyl (C=O) groups is 2. The SMILES string of the molecule is O=C(NC1CNC(C(=O)O)C1CCCB(O)O)C1CCCN1. The third-order valence-electron chi connectivity index (χ3n) is 4.47. The highest BCUT2D eigenvalue weighted by Gasteiger charge is 2.41. The summed E-state index contributed by atoms with van der Waals surface area (Å²) >= 11 is 0. The molecule has 0 aromatic rings. The van der Waals surface area contributed by atoms with E-state index in [1.165, 1.54) is 0 Å². The summed E-state index contributed by atoms with van der Waals surface area (Å²) in [7, 11) is -1.38. The predicted molar refractivity (Wildman–Crippen MR) is 80.1 cm³/mol. The van der Waals surface area contributed by atoms with E-state index in [1.807, 2.05) is 0 Å². The second kappa shape index (κ2) is 7.91. The summed E-state index contributed by atoms with van der Waals surface area (Å²) in [5, 5.41) is 36.1. The fraction of sp³-hybridized carbons (Fsp3) is 0.846. The first-order chi connectivity index (χ1) is 10.5. The fourth-order valence-corrected chi connectivity index (χ4v) is 3.31. The Morgan fingerprint density at radius 2 is 2.05 bits per heavy atom. The number of carboxylic acids is 1. The van der Waals surface area contributed by atoms with Gasteiger partial charge in [-0.3, -0.25) is 9.59 Å². The zero-order chi connectivity index (χ0) is 16.1. The van der Waals surface area contributed by atoms with Crippen LogP contribution in [-0.2, 0) is 9.59 Å². The van der Waals surface area contributed by atoms with Crippen LogP contribution in [0.4, 0.5) is 0 Å². The van der Waals surface area contributed by atoms with Crippen molar-refractivity contribution >= 4 is 19.0 Å². The van der Waals surface area contributed by atoms with Gasteiger partial charge in [0.25, 0.3) is 0 Å². The van der Waals surface area contributed by atoms with Crippen molar-refractivity contribution in [2.24, 2.45) is 5.92 Å². The largest absolute Gasteiger partial charge is 0.480 e. The van der Waals surface area contributed by atoms with Crippen molar-refractivity contribution in [1.29, 1.82) is 0 Å². The molecular weight excluding hydrogens is 289 g/mol. The Hall–Kier alpha value is -1.16. The van der Waals surface area contributed by atoms with E-state index in [9.17, 15) is 14.7 Å². The van der Waals surface area contributed by atoms with Crippen LogP contribution in [0.15, 0.2) is 0 Å². The second-order valence-corrected chi connectivity index (χ2v) is 6.06. The Morgan fingerprint density at radius 3 is 2.64 bits per heavy atom. The van der Waals surface area contributed by atoms with Crippen LogP contribution in [-0.4, -0.2) is 65.4 Å². The molecule has 2 aliphatic rings. The molecule has 4 unspecified atom stereocenters. The van der Waals surface area contributed by atoms with Crippen molar-refractivity contribution < 1.29 is 24.7 Å². The highest BCUT2D eigenvalue weighted by Crippen LogP contribution is 2.23. The summed E-state index contributed by atoms with van der Waals surface area (Å²) in [6.07, 6.45) is 2.99. The van der Waals surface area contributed by atoms with Gasteiger partial charge in [0, 0.05) is 18.5 Å². The minimum absolute atomic E-state index is 0.0810. The van der Waals surface area contributed by atoms with E-state index in [1.54, 1.807) is 0 Å². The summed E-state index contributed by atoms with van der Waals surface area (Å²) in [6.45, 7) is 1.25. The Balaban J connectivity index is 1.91. The van der Waals surface area contributed by atoms with E-state index in [0.29, 0.717) is 19.4 Å². The Morgan fingerprint density at radius 1 is 1.27 bits per heavy atom. The third-order valence-corrected chi connectivity index (χ3v) is 4.47. The van der Waals surface area contributed by atoms with Gasteiger partial charge in [-0.25, -0.2) is 0 Å². The number of aliphatic carboxylic acids is 1. The number of amides is 1. The Kier molecular flexibility index (Phi) is 6.19. The number of hydrogen-bond acceptors (Lipinski definition) is 6. The fourth-order valence-electron chi connectivity index (χ4n) is 3.31. The van der Waals surface area contributed by atoms with Crippen LogP contribution in [0, 0.1) is 5.92 Å². The molecule has 0 aromatic heterocycles. The normalized spacial score (nSPS) is 31.2. The van der Waals surface area contributed by atoms with E-state index >= 15 is 0 Å². The first-order valence-corrected chi connectivity index (χ1v) is 7.85. The molecule has 0 aromatic carbocycles.